The van der Waals surface area contributed by atoms with Gasteiger partial charge in [0.05, 0.1) is 11.2 Å². The fourth-order valence-electron chi connectivity index (χ4n) is 2.62. The van der Waals surface area contributed by atoms with Crippen LogP contribution in [0, 0.1) is 0 Å². The van der Waals surface area contributed by atoms with E-state index in [9.17, 15) is 0 Å². The van der Waals surface area contributed by atoms with Crippen molar-refractivity contribution < 1.29 is 4.52 Å². The first-order chi connectivity index (χ1) is 9.26. The topological polar surface area (TPSA) is 51.0 Å². The maximum Gasteiger partial charge on any atom is 0.231 e. The van der Waals surface area contributed by atoms with Crippen molar-refractivity contribution in [2.24, 2.45) is 0 Å². The van der Waals surface area contributed by atoms with Gasteiger partial charge < -0.3 is 9.84 Å². The van der Waals surface area contributed by atoms with Gasteiger partial charge in [-0.25, -0.2) is 0 Å². The van der Waals surface area contributed by atoms with Gasteiger partial charge in [-0.15, -0.1) is 0 Å². The molecule has 0 bridgehead atoms. The average Bonchev–Trinajstić information content (AvgIpc) is 2.95. The van der Waals surface area contributed by atoms with Gasteiger partial charge >= 0.3 is 0 Å². The smallest absolute Gasteiger partial charge is 0.231 e. The van der Waals surface area contributed by atoms with E-state index >= 15 is 0 Å². The first-order valence-electron chi connectivity index (χ1n) is 7.44. The third kappa shape index (κ3) is 3.72. The highest BCUT2D eigenvalue weighted by molar-refractivity contribution is 7.99. The Morgan fingerprint density at radius 1 is 1.42 bits per heavy atom. The predicted octanol–water partition coefficient (Wildman–Crippen LogP) is 3.52. The SMILES string of the molecule is CCNC(CC)C(C)c1nc(C2CCCCS2)no1. The lowest BCUT2D eigenvalue weighted by Crippen LogP contribution is -2.33. The summed E-state index contributed by atoms with van der Waals surface area (Å²) >= 11 is 1.97. The lowest BCUT2D eigenvalue weighted by atomic mass is 9.99. The molecule has 0 spiro atoms. The molecule has 1 saturated heterocycles. The van der Waals surface area contributed by atoms with Crippen molar-refractivity contribution in [3.05, 3.63) is 11.7 Å². The first-order valence-corrected chi connectivity index (χ1v) is 8.49. The molecule has 0 aromatic carbocycles. The Bertz CT molecular complexity index is 377. The molecule has 108 valence electrons. The summed E-state index contributed by atoms with van der Waals surface area (Å²) in [6.07, 6.45) is 4.86. The summed E-state index contributed by atoms with van der Waals surface area (Å²) in [5.74, 6) is 3.19. The van der Waals surface area contributed by atoms with Crippen LogP contribution in [0.15, 0.2) is 4.52 Å². The monoisotopic (exact) mass is 283 g/mol. The summed E-state index contributed by atoms with van der Waals surface area (Å²) in [4.78, 5) is 4.65. The van der Waals surface area contributed by atoms with Crippen LogP contribution in [0.2, 0.25) is 0 Å². The van der Waals surface area contributed by atoms with E-state index < -0.39 is 0 Å². The molecule has 3 unspecified atom stereocenters. The quantitative estimate of drug-likeness (QED) is 0.865. The molecule has 2 heterocycles. The summed E-state index contributed by atoms with van der Waals surface area (Å²) < 4.78 is 5.49. The van der Waals surface area contributed by atoms with Crippen LogP contribution >= 0.6 is 11.8 Å². The van der Waals surface area contributed by atoms with Crippen LogP contribution in [-0.4, -0.2) is 28.5 Å². The maximum atomic E-state index is 5.49. The minimum atomic E-state index is 0.278. The Morgan fingerprint density at radius 3 is 2.89 bits per heavy atom. The Labute approximate surface area is 120 Å². The molecular weight excluding hydrogens is 258 g/mol. The second-order valence-corrected chi connectivity index (χ2v) is 6.52. The number of nitrogens with zero attached hydrogens (tertiary/aromatic N) is 2. The Balaban J connectivity index is 2.02. The number of aromatic nitrogens is 2. The maximum absolute atomic E-state index is 5.49. The predicted molar refractivity (Wildman–Crippen MR) is 79.5 cm³/mol. The molecule has 3 atom stereocenters. The van der Waals surface area contributed by atoms with Crippen molar-refractivity contribution >= 4 is 11.8 Å². The van der Waals surface area contributed by atoms with Crippen LogP contribution in [0.25, 0.3) is 0 Å². The van der Waals surface area contributed by atoms with Gasteiger partial charge in [-0.2, -0.15) is 16.7 Å². The van der Waals surface area contributed by atoms with E-state index in [0.717, 1.165) is 24.7 Å². The minimum absolute atomic E-state index is 0.278. The van der Waals surface area contributed by atoms with Crippen LogP contribution in [0.4, 0.5) is 0 Å². The van der Waals surface area contributed by atoms with Crippen molar-refractivity contribution in [2.45, 2.75) is 63.7 Å². The molecule has 0 radical (unpaired) electrons. The first kappa shape index (κ1) is 14.9. The van der Waals surface area contributed by atoms with Gasteiger partial charge in [-0.05, 0) is 31.6 Å². The standard InChI is InChI=1S/C14H25N3OS/c1-4-11(15-5-2)10(3)14-16-13(17-18-14)12-8-6-7-9-19-12/h10-12,15H,4-9H2,1-3H3. The number of rotatable bonds is 6. The van der Waals surface area contributed by atoms with E-state index in [2.05, 4.69) is 36.2 Å². The molecule has 1 fully saturated rings. The Kier molecular flexibility index (Phi) is 5.70. The number of thioether (sulfide) groups is 1. The van der Waals surface area contributed by atoms with E-state index in [0.29, 0.717) is 11.3 Å². The third-order valence-electron chi connectivity index (χ3n) is 3.82. The van der Waals surface area contributed by atoms with Gasteiger partial charge in [0.2, 0.25) is 5.89 Å². The van der Waals surface area contributed by atoms with E-state index in [-0.39, 0.29) is 5.92 Å². The second-order valence-electron chi connectivity index (χ2n) is 5.21. The van der Waals surface area contributed by atoms with E-state index in [1.54, 1.807) is 0 Å². The molecule has 19 heavy (non-hydrogen) atoms. The van der Waals surface area contributed by atoms with Crippen molar-refractivity contribution in [1.29, 1.82) is 0 Å². The molecule has 0 aliphatic carbocycles. The van der Waals surface area contributed by atoms with Crippen molar-refractivity contribution in [2.75, 3.05) is 12.3 Å². The van der Waals surface area contributed by atoms with Gasteiger partial charge in [-0.3, -0.25) is 0 Å². The zero-order chi connectivity index (χ0) is 13.7. The lowest BCUT2D eigenvalue weighted by Gasteiger charge is -2.20. The van der Waals surface area contributed by atoms with Crippen molar-refractivity contribution in [1.82, 2.24) is 15.5 Å². The van der Waals surface area contributed by atoms with Crippen molar-refractivity contribution in [3.63, 3.8) is 0 Å². The Morgan fingerprint density at radius 2 is 2.26 bits per heavy atom. The van der Waals surface area contributed by atoms with Gasteiger partial charge in [0.15, 0.2) is 5.82 Å². The van der Waals surface area contributed by atoms with E-state index in [1.165, 1.54) is 25.0 Å². The lowest BCUT2D eigenvalue weighted by molar-refractivity contribution is 0.319. The number of nitrogens with one attached hydrogen (secondary N) is 1. The fourth-order valence-corrected chi connectivity index (χ4v) is 3.85. The molecule has 4 nitrogen and oxygen atoms in total. The van der Waals surface area contributed by atoms with Crippen LogP contribution in [0.1, 0.15) is 69.3 Å². The van der Waals surface area contributed by atoms with E-state index in [1.807, 2.05) is 11.8 Å². The zero-order valence-corrected chi connectivity index (χ0v) is 13.0. The summed E-state index contributed by atoms with van der Waals surface area (Å²) in [6, 6.07) is 0.414. The van der Waals surface area contributed by atoms with Crippen LogP contribution in [-0.2, 0) is 0 Å². The molecule has 1 aliphatic heterocycles. The van der Waals surface area contributed by atoms with Crippen LogP contribution in [0.3, 0.4) is 0 Å². The normalized spacial score (nSPS) is 23.2. The van der Waals surface area contributed by atoms with Crippen molar-refractivity contribution in [3.8, 4) is 0 Å². The highest BCUT2D eigenvalue weighted by Crippen LogP contribution is 2.37. The zero-order valence-electron chi connectivity index (χ0n) is 12.2. The second kappa shape index (κ2) is 7.29. The Hall–Kier alpha value is -0.550. The molecular formula is C14H25N3OS. The van der Waals surface area contributed by atoms with Crippen LogP contribution in [0.5, 0.6) is 0 Å². The summed E-state index contributed by atoms with van der Waals surface area (Å²) in [5, 5.41) is 8.13. The summed E-state index contributed by atoms with van der Waals surface area (Å²) in [7, 11) is 0. The molecule has 0 saturated carbocycles. The van der Waals surface area contributed by atoms with Gasteiger partial charge in [-0.1, -0.05) is 32.3 Å². The highest BCUT2D eigenvalue weighted by Gasteiger charge is 2.26. The molecule has 1 aromatic rings. The number of hydrogen-bond acceptors (Lipinski definition) is 5. The van der Waals surface area contributed by atoms with Gasteiger partial charge in [0, 0.05) is 6.04 Å². The third-order valence-corrected chi connectivity index (χ3v) is 5.20. The molecule has 5 heteroatoms. The molecule has 1 aliphatic rings. The molecule has 1 aromatic heterocycles. The summed E-state index contributed by atoms with van der Waals surface area (Å²) in [5.41, 5.74) is 0. The highest BCUT2D eigenvalue weighted by atomic mass is 32.2. The molecule has 1 N–H and O–H groups in total. The average molecular weight is 283 g/mol. The summed E-state index contributed by atoms with van der Waals surface area (Å²) in [6.45, 7) is 7.47. The number of hydrogen-bond donors (Lipinski definition) is 1. The molecule has 2 rings (SSSR count). The van der Waals surface area contributed by atoms with Gasteiger partial charge in [0.25, 0.3) is 0 Å². The molecule has 0 amide bonds. The minimum Gasteiger partial charge on any atom is -0.339 e. The van der Waals surface area contributed by atoms with Crippen LogP contribution < -0.4 is 5.32 Å². The number of likely N-dealkylation sites (N-methyl/N-ethyl adjacent to an activating group) is 1. The largest absolute Gasteiger partial charge is 0.339 e. The fraction of sp³-hybridized carbons (Fsp3) is 0.857. The van der Waals surface area contributed by atoms with Gasteiger partial charge in [0.1, 0.15) is 0 Å². The van der Waals surface area contributed by atoms with E-state index in [4.69, 9.17) is 4.52 Å².